The van der Waals surface area contributed by atoms with Gasteiger partial charge in [-0.15, -0.1) is 0 Å². The number of unbranched alkanes of at least 4 members (excludes halogenated alkanes) is 22. The van der Waals surface area contributed by atoms with Crippen molar-refractivity contribution in [1.29, 1.82) is 0 Å². The second-order valence-corrected chi connectivity index (χ2v) is 12.5. The van der Waals surface area contributed by atoms with Crippen LogP contribution < -0.4 is 6.15 Å². The highest BCUT2D eigenvalue weighted by atomic mass is 16.5. The van der Waals surface area contributed by atoms with Crippen LogP contribution in [0.5, 0.6) is 0 Å². The Balaban J connectivity index is 0. The Labute approximate surface area is 274 Å². The normalized spacial score (nSPS) is 11.3. The summed E-state index contributed by atoms with van der Waals surface area (Å²) in [6.45, 7) is 5.21. The molecule has 0 saturated heterocycles. The van der Waals surface area contributed by atoms with Crippen molar-refractivity contribution in [3.8, 4) is 0 Å². The first-order valence-electron chi connectivity index (χ1n) is 18.8. The molecule has 260 valence electrons. The second-order valence-electron chi connectivity index (χ2n) is 12.5. The summed E-state index contributed by atoms with van der Waals surface area (Å²) in [5.74, 6) is -0.255. The van der Waals surface area contributed by atoms with Crippen LogP contribution in [0.1, 0.15) is 200 Å². The minimum atomic E-state index is -0.128. The lowest BCUT2D eigenvalue weighted by Crippen LogP contribution is -2.10. The molecular weight excluding hydrogens is 546 g/mol. The number of allylic oxidation sites excluding steroid dienone is 4. The number of hydrogen-bond donors (Lipinski definition) is 1. The van der Waals surface area contributed by atoms with Crippen molar-refractivity contribution in [2.45, 2.75) is 200 Å². The standard InChI is InChI=1S/C39H72O4.H3N/c1-3-5-7-9-11-13-15-17-19-21-23-25-27-29-31-34-38(40)42-36-33-37-43-39(41)35-32-30-28-26-24-22-20-18-16-14-12-10-8-6-4-2;/h17-20H,3-16,21-37H2,1-2H3;1H3. The predicted octanol–water partition coefficient (Wildman–Crippen LogP) is 12.7. The average Bonchev–Trinajstić information content (AvgIpc) is 3.00. The highest BCUT2D eigenvalue weighted by Gasteiger charge is 2.05. The van der Waals surface area contributed by atoms with Crippen LogP contribution in [0.3, 0.4) is 0 Å². The number of ether oxygens (including phenoxy) is 2. The maximum Gasteiger partial charge on any atom is 0.305 e. The average molecular weight is 622 g/mol. The van der Waals surface area contributed by atoms with Crippen molar-refractivity contribution in [2.24, 2.45) is 0 Å². The number of carbonyl (C=O) groups is 2. The Kier molecular flexibility index (Phi) is 39.9. The molecule has 0 radical (unpaired) electrons. The fourth-order valence-corrected chi connectivity index (χ4v) is 5.26. The summed E-state index contributed by atoms with van der Waals surface area (Å²) in [6.07, 6.45) is 43.5. The molecule has 0 aliphatic rings. The van der Waals surface area contributed by atoms with Gasteiger partial charge in [0.05, 0.1) is 13.2 Å². The van der Waals surface area contributed by atoms with E-state index < -0.39 is 0 Å². The summed E-state index contributed by atoms with van der Waals surface area (Å²) in [4.78, 5) is 23.8. The first-order chi connectivity index (χ1) is 21.2. The zero-order valence-electron chi connectivity index (χ0n) is 29.6. The monoisotopic (exact) mass is 622 g/mol. The van der Waals surface area contributed by atoms with Gasteiger partial charge in [0.15, 0.2) is 0 Å². The van der Waals surface area contributed by atoms with Crippen LogP contribution in [-0.4, -0.2) is 25.2 Å². The SMILES string of the molecule is CCCCCCCCC=CCCCCCCCC(=O)OCCCOC(=O)CCCCCCCC=CCCCCCCCC.N. The van der Waals surface area contributed by atoms with E-state index in [1.165, 1.54) is 141 Å². The van der Waals surface area contributed by atoms with Gasteiger partial charge in [-0.05, 0) is 64.2 Å². The summed E-state index contributed by atoms with van der Waals surface area (Å²) in [5.41, 5.74) is 0. The summed E-state index contributed by atoms with van der Waals surface area (Å²) < 4.78 is 10.6. The molecule has 0 aromatic carbocycles. The van der Waals surface area contributed by atoms with Gasteiger partial charge in [-0.1, -0.05) is 141 Å². The first kappa shape index (κ1) is 44.5. The van der Waals surface area contributed by atoms with Gasteiger partial charge in [-0.3, -0.25) is 9.59 Å². The lowest BCUT2D eigenvalue weighted by atomic mass is 10.1. The third-order valence-corrected chi connectivity index (χ3v) is 8.10. The van der Waals surface area contributed by atoms with E-state index in [0.29, 0.717) is 32.5 Å². The Bertz CT molecular complexity index is 592. The molecule has 5 nitrogen and oxygen atoms in total. The van der Waals surface area contributed by atoms with Crippen LogP contribution >= 0.6 is 0 Å². The molecule has 0 spiro atoms. The lowest BCUT2D eigenvalue weighted by Gasteiger charge is -2.06. The minimum absolute atomic E-state index is 0. The largest absolute Gasteiger partial charge is 0.466 e. The summed E-state index contributed by atoms with van der Waals surface area (Å²) >= 11 is 0. The highest BCUT2D eigenvalue weighted by molar-refractivity contribution is 5.69. The molecule has 0 rings (SSSR count). The summed E-state index contributed by atoms with van der Waals surface area (Å²) in [5, 5.41) is 0. The molecule has 0 unspecified atom stereocenters. The molecule has 0 aliphatic carbocycles. The van der Waals surface area contributed by atoms with Crippen molar-refractivity contribution in [1.82, 2.24) is 6.15 Å². The fourth-order valence-electron chi connectivity index (χ4n) is 5.26. The van der Waals surface area contributed by atoms with E-state index in [9.17, 15) is 9.59 Å². The second kappa shape index (κ2) is 39.4. The smallest absolute Gasteiger partial charge is 0.305 e. The van der Waals surface area contributed by atoms with Gasteiger partial charge in [0.1, 0.15) is 0 Å². The number of rotatable bonds is 34. The van der Waals surface area contributed by atoms with Crippen LogP contribution in [0.2, 0.25) is 0 Å². The molecule has 0 heterocycles. The van der Waals surface area contributed by atoms with Gasteiger partial charge in [-0.2, -0.15) is 0 Å². The zero-order valence-corrected chi connectivity index (χ0v) is 29.6. The van der Waals surface area contributed by atoms with E-state index in [1.54, 1.807) is 0 Å². The molecule has 3 N–H and O–H groups in total. The predicted molar refractivity (Wildman–Crippen MR) is 190 cm³/mol. The summed E-state index contributed by atoms with van der Waals surface area (Å²) in [6, 6.07) is 0. The molecule has 0 saturated carbocycles. The van der Waals surface area contributed by atoms with Crippen molar-refractivity contribution in [3.05, 3.63) is 24.3 Å². The van der Waals surface area contributed by atoms with Gasteiger partial charge in [0.25, 0.3) is 0 Å². The number of carbonyl (C=O) groups excluding carboxylic acids is 2. The topological polar surface area (TPSA) is 87.6 Å². The zero-order chi connectivity index (χ0) is 31.3. The van der Waals surface area contributed by atoms with Crippen LogP contribution in [0.25, 0.3) is 0 Å². The van der Waals surface area contributed by atoms with Crippen LogP contribution in [0, 0.1) is 0 Å². The molecule has 0 bridgehead atoms. The Morgan fingerprint density at radius 2 is 0.659 bits per heavy atom. The molecule has 0 aliphatic heterocycles. The minimum Gasteiger partial charge on any atom is -0.466 e. The molecule has 0 atom stereocenters. The Morgan fingerprint density at radius 3 is 0.977 bits per heavy atom. The van der Waals surface area contributed by atoms with Gasteiger partial charge < -0.3 is 15.6 Å². The molecule has 44 heavy (non-hydrogen) atoms. The van der Waals surface area contributed by atoms with Gasteiger partial charge in [0, 0.05) is 19.3 Å². The third kappa shape index (κ3) is 38.4. The molecule has 0 aromatic rings. The lowest BCUT2D eigenvalue weighted by molar-refractivity contribution is -0.146. The van der Waals surface area contributed by atoms with Crippen LogP contribution in [0.15, 0.2) is 24.3 Å². The maximum absolute atomic E-state index is 11.9. The van der Waals surface area contributed by atoms with Crippen molar-refractivity contribution < 1.29 is 19.1 Å². The van der Waals surface area contributed by atoms with Gasteiger partial charge in [0.2, 0.25) is 0 Å². The van der Waals surface area contributed by atoms with E-state index >= 15 is 0 Å². The molecule has 0 aromatic heterocycles. The molecule has 0 fully saturated rings. The number of esters is 2. The Hall–Kier alpha value is -1.62. The molecule has 0 amide bonds. The van der Waals surface area contributed by atoms with Gasteiger partial charge >= 0.3 is 11.9 Å². The van der Waals surface area contributed by atoms with Crippen LogP contribution in [0.4, 0.5) is 0 Å². The Morgan fingerprint density at radius 1 is 0.386 bits per heavy atom. The van der Waals surface area contributed by atoms with E-state index in [2.05, 4.69) is 38.2 Å². The molecular formula is C39H75NO4. The van der Waals surface area contributed by atoms with E-state index in [1.807, 2.05) is 0 Å². The van der Waals surface area contributed by atoms with Crippen molar-refractivity contribution in [2.75, 3.05) is 13.2 Å². The van der Waals surface area contributed by atoms with E-state index in [0.717, 1.165) is 25.7 Å². The highest BCUT2D eigenvalue weighted by Crippen LogP contribution is 2.12. The first-order valence-corrected chi connectivity index (χ1v) is 18.8. The van der Waals surface area contributed by atoms with Crippen LogP contribution in [-0.2, 0) is 19.1 Å². The van der Waals surface area contributed by atoms with Gasteiger partial charge in [-0.25, -0.2) is 0 Å². The van der Waals surface area contributed by atoms with E-state index in [4.69, 9.17) is 9.47 Å². The van der Waals surface area contributed by atoms with E-state index in [-0.39, 0.29) is 18.1 Å². The fraction of sp³-hybridized carbons (Fsp3) is 0.846. The molecule has 5 heteroatoms. The maximum atomic E-state index is 11.9. The van der Waals surface area contributed by atoms with Crippen molar-refractivity contribution in [3.63, 3.8) is 0 Å². The third-order valence-electron chi connectivity index (χ3n) is 8.10. The number of hydrogen-bond acceptors (Lipinski definition) is 5. The quantitative estimate of drug-likeness (QED) is 0.0438. The summed E-state index contributed by atoms with van der Waals surface area (Å²) in [7, 11) is 0. The van der Waals surface area contributed by atoms with Crippen molar-refractivity contribution >= 4 is 11.9 Å².